The first-order valence-electron chi connectivity index (χ1n) is 10.6. The molecule has 0 unspecified atom stereocenters. The van der Waals surface area contributed by atoms with Crippen molar-refractivity contribution in [2.24, 2.45) is 0 Å². The average molecular weight is 410 g/mol. The number of amides is 1. The molecule has 0 saturated heterocycles. The number of hydrogen-bond acceptors (Lipinski definition) is 2. The van der Waals surface area contributed by atoms with Gasteiger partial charge in [-0.2, -0.15) is 0 Å². The number of anilines is 1. The maximum atomic E-state index is 12.6. The van der Waals surface area contributed by atoms with Crippen molar-refractivity contribution in [1.29, 1.82) is 0 Å². The number of imidazole rings is 1. The van der Waals surface area contributed by atoms with Crippen molar-refractivity contribution in [3.05, 3.63) is 95.3 Å². The van der Waals surface area contributed by atoms with Crippen molar-refractivity contribution in [2.75, 3.05) is 5.32 Å². The molecular weight excluding hydrogens is 382 g/mol. The molecule has 2 heterocycles. The van der Waals surface area contributed by atoms with Gasteiger partial charge in [0.1, 0.15) is 5.65 Å². The van der Waals surface area contributed by atoms with Crippen molar-refractivity contribution in [3.63, 3.8) is 0 Å². The minimum absolute atomic E-state index is 0.172. The lowest BCUT2D eigenvalue weighted by Crippen LogP contribution is -2.07. The number of carbonyl (C=O) groups is 1. The fraction of sp³-hybridized carbons (Fsp3) is 0.185. The van der Waals surface area contributed by atoms with Crippen molar-refractivity contribution in [1.82, 2.24) is 9.38 Å². The summed E-state index contributed by atoms with van der Waals surface area (Å²) < 4.78 is 2.02. The van der Waals surface area contributed by atoms with Crippen LogP contribution in [0.2, 0.25) is 0 Å². The maximum absolute atomic E-state index is 12.6. The summed E-state index contributed by atoms with van der Waals surface area (Å²) in [5, 5.41) is 2.94. The van der Waals surface area contributed by atoms with E-state index in [0.29, 0.717) is 5.92 Å². The second-order valence-corrected chi connectivity index (χ2v) is 8.24. The Kier molecular flexibility index (Phi) is 5.72. The molecule has 4 rings (SSSR count). The highest BCUT2D eigenvalue weighted by Gasteiger charge is 2.12. The van der Waals surface area contributed by atoms with Gasteiger partial charge in [-0.05, 0) is 61.2 Å². The summed E-state index contributed by atoms with van der Waals surface area (Å²) in [6, 6.07) is 20.4. The highest BCUT2D eigenvalue weighted by atomic mass is 16.1. The lowest BCUT2D eigenvalue weighted by atomic mass is 10.0. The van der Waals surface area contributed by atoms with Crippen molar-refractivity contribution >= 4 is 23.3 Å². The Hall–Kier alpha value is -3.66. The Morgan fingerprint density at radius 3 is 2.35 bits per heavy atom. The van der Waals surface area contributed by atoms with Crippen LogP contribution in [-0.4, -0.2) is 15.3 Å². The number of nitrogens with zero attached hydrogens (tertiary/aromatic N) is 2. The Bertz CT molecular complexity index is 1250. The van der Waals surface area contributed by atoms with E-state index in [9.17, 15) is 4.79 Å². The molecule has 1 amide bonds. The number of aromatic nitrogens is 2. The predicted molar refractivity (Wildman–Crippen MR) is 128 cm³/mol. The third-order valence-electron chi connectivity index (χ3n) is 5.38. The summed E-state index contributed by atoms with van der Waals surface area (Å²) in [6.45, 7) is 8.42. The van der Waals surface area contributed by atoms with Gasteiger partial charge in [0.2, 0.25) is 5.91 Å². The van der Waals surface area contributed by atoms with E-state index in [1.165, 1.54) is 11.1 Å². The number of hydrogen-bond donors (Lipinski definition) is 1. The van der Waals surface area contributed by atoms with Crippen LogP contribution in [0.15, 0.2) is 72.9 Å². The number of pyridine rings is 1. The largest absolute Gasteiger partial charge is 0.323 e. The monoisotopic (exact) mass is 409 g/mol. The first-order chi connectivity index (χ1) is 14.9. The summed E-state index contributed by atoms with van der Waals surface area (Å²) in [5.74, 6) is 0.290. The first-order valence-corrected chi connectivity index (χ1v) is 10.6. The van der Waals surface area contributed by atoms with E-state index in [4.69, 9.17) is 4.98 Å². The predicted octanol–water partition coefficient (Wildman–Crippen LogP) is 6.39. The summed E-state index contributed by atoms with van der Waals surface area (Å²) in [7, 11) is 0. The highest BCUT2D eigenvalue weighted by Crippen LogP contribution is 2.26. The molecule has 156 valence electrons. The molecule has 31 heavy (non-hydrogen) atoms. The third-order valence-corrected chi connectivity index (χ3v) is 5.38. The summed E-state index contributed by atoms with van der Waals surface area (Å²) >= 11 is 0. The van der Waals surface area contributed by atoms with Crippen LogP contribution >= 0.6 is 0 Å². The van der Waals surface area contributed by atoms with Gasteiger partial charge < -0.3 is 5.32 Å². The Morgan fingerprint density at radius 1 is 0.968 bits per heavy atom. The molecular formula is C27H27N3O. The SMILES string of the molecule is Cc1ccc(-c2nc3cc(C)ccn3c2/C=C/C(=O)Nc2ccc(C(C)C)cc2)cc1. The van der Waals surface area contributed by atoms with Crippen molar-refractivity contribution < 1.29 is 4.79 Å². The topological polar surface area (TPSA) is 46.4 Å². The van der Waals surface area contributed by atoms with Gasteiger partial charge in [0.05, 0.1) is 11.4 Å². The minimum atomic E-state index is -0.172. The molecule has 1 N–H and O–H groups in total. The van der Waals surface area contributed by atoms with E-state index in [2.05, 4.69) is 50.4 Å². The molecule has 2 aromatic carbocycles. The van der Waals surface area contributed by atoms with Crippen LogP contribution < -0.4 is 5.32 Å². The highest BCUT2D eigenvalue weighted by molar-refractivity contribution is 6.02. The molecule has 0 spiro atoms. The van der Waals surface area contributed by atoms with Crippen LogP contribution in [0, 0.1) is 13.8 Å². The summed E-state index contributed by atoms with van der Waals surface area (Å²) in [4.78, 5) is 17.4. The van der Waals surface area contributed by atoms with Gasteiger partial charge in [-0.15, -0.1) is 0 Å². The zero-order valence-corrected chi connectivity index (χ0v) is 18.4. The molecule has 0 saturated carbocycles. The molecule has 4 aromatic rings. The number of nitrogens with one attached hydrogen (secondary N) is 1. The molecule has 0 atom stereocenters. The van der Waals surface area contributed by atoms with Crippen LogP contribution in [-0.2, 0) is 4.79 Å². The van der Waals surface area contributed by atoms with E-state index in [1.54, 1.807) is 6.08 Å². The van der Waals surface area contributed by atoms with Crippen LogP contribution in [0.5, 0.6) is 0 Å². The first kappa shape index (κ1) is 20.6. The fourth-order valence-electron chi connectivity index (χ4n) is 3.54. The van der Waals surface area contributed by atoms with E-state index < -0.39 is 0 Å². The number of carbonyl (C=O) groups excluding carboxylic acids is 1. The zero-order chi connectivity index (χ0) is 22.0. The van der Waals surface area contributed by atoms with Gasteiger partial charge in [0, 0.05) is 23.5 Å². The van der Waals surface area contributed by atoms with Crippen LogP contribution in [0.1, 0.15) is 42.1 Å². The fourth-order valence-corrected chi connectivity index (χ4v) is 3.54. The van der Waals surface area contributed by atoms with Gasteiger partial charge in [0.25, 0.3) is 0 Å². The average Bonchev–Trinajstić information content (AvgIpc) is 3.10. The lowest BCUT2D eigenvalue weighted by Gasteiger charge is -2.07. The second-order valence-electron chi connectivity index (χ2n) is 8.24. The zero-order valence-electron chi connectivity index (χ0n) is 18.4. The lowest BCUT2D eigenvalue weighted by molar-refractivity contribution is -0.111. The number of fused-ring (bicyclic) bond motifs is 1. The molecule has 0 radical (unpaired) electrons. The molecule has 0 fully saturated rings. The number of rotatable bonds is 5. The van der Waals surface area contributed by atoms with Crippen LogP contribution in [0.3, 0.4) is 0 Å². The van der Waals surface area contributed by atoms with E-state index >= 15 is 0 Å². The Morgan fingerprint density at radius 2 is 1.68 bits per heavy atom. The van der Waals surface area contributed by atoms with Gasteiger partial charge in [-0.1, -0.05) is 55.8 Å². The molecule has 4 heteroatoms. The standard InChI is InChI=1S/C27H27N3O/c1-18(2)21-9-11-23(12-10-21)28-26(31)14-13-24-27(22-7-5-19(3)6-8-22)29-25-17-20(4)15-16-30(24)25/h5-18H,1-4H3,(H,28,31)/b14-13+. The van der Waals surface area contributed by atoms with Gasteiger partial charge in [-0.3, -0.25) is 9.20 Å². The van der Waals surface area contributed by atoms with Gasteiger partial charge in [0.15, 0.2) is 0 Å². The van der Waals surface area contributed by atoms with Crippen LogP contribution in [0.25, 0.3) is 23.0 Å². The second kappa shape index (κ2) is 8.60. The van der Waals surface area contributed by atoms with E-state index in [1.807, 2.05) is 60.0 Å². The third kappa shape index (κ3) is 4.58. The van der Waals surface area contributed by atoms with Crippen molar-refractivity contribution in [2.45, 2.75) is 33.6 Å². The molecule has 2 aromatic heterocycles. The Balaban J connectivity index is 1.64. The normalized spacial score (nSPS) is 11.5. The Labute approximate surface area is 183 Å². The summed E-state index contributed by atoms with van der Waals surface area (Å²) in [6.07, 6.45) is 5.40. The number of aryl methyl sites for hydroxylation is 2. The summed E-state index contributed by atoms with van der Waals surface area (Å²) in [5.41, 5.74) is 7.99. The van der Waals surface area contributed by atoms with Crippen molar-refractivity contribution in [3.8, 4) is 11.3 Å². The van der Waals surface area contributed by atoms with E-state index in [0.717, 1.165) is 33.8 Å². The molecule has 0 bridgehead atoms. The molecule has 0 aliphatic carbocycles. The molecule has 4 nitrogen and oxygen atoms in total. The van der Waals surface area contributed by atoms with Crippen LogP contribution in [0.4, 0.5) is 5.69 Å². The van der Waals surface area contributed by atoms with Gasteiger partial charge in [-0.25, -0.2) is 4.98 Å². The molecule has 0 aliphatic heterocycles. The number of benzene rings is 2. The van der Waals surface area contributed by atoms with E-state index in [-0.39, 0.29) is 5.91 Å². The van der Waals surface area contributed by atoms with Gasteiger partial charge >= 0.3 is 0 Å². The molecule has 0 aliphatic rings. The maximum Gasteiger partial charge on any atom is 0.248 e. The quantitative estimate of drug-likeness (QED) is 0.388. The minimum Gasteiger partial charge on any atom is -0.323 e. The smallest absolute Gasteiger partial charge is 0.248 e.